The first-order valence-electron chi connectivity index (χ1n) is 10.6. The molecule has 1 atom stereocenters. The van der Waals surface area contributed by atoms with Crippen LogP contribution in [0.15, 0.2) is 29.6 Å². The summed E-state index contributed by atoms with van der Waals surface area (Å²) >= 11 is 1.42. The summed E-state index contributed by atoms with van der Waals surface area (Å²) in [7, 11) is 0. The number of nitrogens with zero attached hydrogens (tertiary/aromatic N) is 2. The van der Waals surface area contributed by atoms with Crippen LogP contribution in [0.5, 0.6) is 5.75 Å². The molecule has 0 unspecified atom stereocenters. The van der Waals surface area contributed by atoms with Gasteiger partial charge >= 0.3 is 0 Å². The highest BCUT2D eigenvalue weighted by atomic mass is 32.1. The molecule has 1 aliphatic rings. The number of benzene rings is 1. The maximum Gasteiger partial charge on any atom is 0.264 e. The molecule has 1 aliphatic heterocycles. The van der Waals surface area contributed by atoms with Crippen LogP contribution < -0.4 is 10.1 Å². The predicted molar refractivity (Wildman–Crippen MR) is 124 cm³/mol. The van der Waals surface area contributed by atoms with Gasteiger partial charge in [0.1, 0.15) is 5.75 Å². The monoisotopic (exact) mass is 439 g/mol. The van der Waals surface area contributed by atoms with Crippen molar-refractivity contribution < 1.29 is 14.3 Å². The molecule has 31 heavy (non-hydrogen) atoms. The van der Waals surface area contributed by atoms with E-state index >= 15 is 0 Å². The number of hydrogen-bond acceptors (Lipinski definition) is 5. The summed E-state index contributed by atoms with van der Waals surface area (Å²) in [5.74, 6) is 0.513. The molecule has 1 aromatic carbocycles. The third-order valence-corrected chi connectivity index (χ3v) is 6.47. The molecule has 3 aromatic rings. The zero-order valence-electron chi connectivity index (χ0n) is 18.5. The molecule has 164 valence electrons. The fraction of sp³-hybridized carbons (Fsp3) is 0.417. The van der Waals surface area contributed by atoms with Crippen LogP contribution in [0.2, 0.25) is 0 Å². The zero-order chi connectivity index (χ0) is 22.0. The van der Waals surface area contributed by atoms with E-state index in [-0.39, 0.29) is 12.5 Å². The minimum atomic E-state index is -0.217. The minimum Gasteiger partial charge on any atom is -0.483 e. The molecule has 1 amide bonds. The maximum atomic E-state index is 12.4. The van der Waals surface area contributed by atoms with Gasteiger partial charge in [-0.15, -0.1) is 11.3 Å². The number of hydrogen-bond donors (Lipinski definition) is 1. The number of carbonyl (C=O) groups is 1. The number of ether oxygens (including phenoxy) is 2. The number of thiazole rings is 1. The molecule has 0 bridgehead atoms. The summed E-state index contributed by atoms with van der Waals surface area (Å²) in [6, 6.07) is 8.12. The van der Waals surface area contributed by atoms with Gasteiger partial charge in [0.2, 0.25) is 0 Å². The van der Waals surface area contributed by atoms with E-state index in [9.17, 15) is 4.79 Å². The number of rotatable bonds is 7. The smallest absolute Gasteiger partial charge is 0.264 e. The Kier molecular flexibility index (Phi) is 6.43. The van der Waals surface area contributed by atoms with Crippen molar-refractivity contribution in [3.63, 3.8) is 0 Å². The van der Waals surface area contributed by atoms with Crippen molar-refractivity contribution in [1.29, 1.82) is 0 Å². The van der Waals surface area contributed by atoms with Crippen LogP contribution >= 0.6 is 11.3 Å². The number of amides is 1. The molecule has 6 nitrogen and oxygen atoms in total. The quantitative estimate of drug-likeness (QED) is 0.560. The lowest BCUT2D eigenvalue weighted by atomic mass is 10.1. The van der Waals surface area contributed by atoms with Crippen molar-refractivity contribution in [2.75, 3.05) is 18.5 Å². The first kappa shape index (κ1) is 21.6. The van der Waals surface area contributed by atoms with Crippen molar-refractivity contribution in [2.45, 2.75) is 53.2 Å². The van der Waals surface area contributed by atoms with Crippen LogP contribution in [-0.2, 0) is 16.1 Å². The molecule has 0 radical (unpaired) electrons. The normalized spacial score (nSPS) is 15.9. The third kappa shape index (κ3) is 4.99. The Morgan fingerprint density at radius 2 is 2.13 bits per heavy atom. The first-order valence-corrected chi connectivity index (χ1v) is 11.5. The number of aromatic nitrogens is 2. The van der Waals surface area contributed by atoms with Crippen LogP contribution in [0.1, 0.15) is 35.4 Å². The second-order valence-corrected chi connectivity index (χ2v) is 9.03. The number of aryl methyl sites for hydroxylation is 3. The Balaban J connectivity index is 1.40. The van der Waals surface area contributed by atoms with Crippen molar-refractivity contribution in [3.05, 3.63) is 52.2 Å². The van der Waals surface area contributed by atoms with E-state index in [0.29, 0.717) is 11.2 Å². The Labute approximate surface area is 187 Å². The molecular formula is C24H29N3O3S. The molecule has 1 N–H and O–H groups in total. The molecule has 0 saturated carbocycles. The van der Waals surface area contributed by atoms with Gasteiger partial charge in [-0.25, -0.2) is 4.98 Å². The van der Waals surface area contributed by atoms with E-state index in [2.05, 4.69) is 34.8 Å². The van der Waals surface area contributed by atoms with Crippen molar-refractivity contribution >= 4 is 22.4 Å². The second kappa shape index (κ2) is 9.24. The summed E-state index contributed by atoms with van der Waals surface area (Å²) in [4.78, 5) is 17.0. The number of anilines is 1. The molecular weight excluding hydrogens is 410 g/mol. The highest BCUT2D eigenvalue weighted by molar-refractivity contribution is 7.14. The zero-order valence-corrected chi connectivity index (χ0v) is 19.3. The highest BCUT2D eigenvalue weighted by Crippen LogP contribution is 2.31. The van der Waals surface area contributed by atoms with E-state index in [1.807, 2.05) is 37.4 Å². The van der Waals surface area contributed by atoms with Crippen molar-refractivity contribution in [1.82, 2.24) is 9.55 Å². The Morgan fingerprint density at radius 1 is 1.29 bits per heavy atom. The van der Waals surface area contributed by atoms with Gasteiger partial charge < -0.3 is 14.0 Å². The Bertz CT molecular complexity index is 1080. The van der Waals surface area contributed by atoms with Gasteiger partial charge in [0.05, 0.1) is 11.8 Å². The van der Waals surface area contributed by atoms with Crippen LogP contribution in [-0.4, -0.2) is 34.8 Å². The SMILES string of the molecule is Cc1ccc(C)c(OCC(=O)Nc2nc(-c3cc(C)n(C[C@H]4CCCO4)c3C)cs2)c1. The fourth-order valence-corrected chi connectivity index (χ4v) is 4.68. The van der Waals surface area contributed by atoms with Gasteiger partial charge in [0.15, 0.2) is 11.7 Å². The third-order valence-electron chi connectivity index (χ3n) is 5.71. The van der Waals surface area contributed by atoms with Gasteiger partial charge in [0, 0.05) is 35.5 Å². The van der Waals surface area contributed by atoms with Crippen LogP contribution in [0.4, 0.5) is 5.13 Å². The molecule has 4 rings (SSSR count). The van der Waals surface area contributed by atoms with Crippen molar-refractivity contribution in [2.24, 2.45) is 0 Å². The summed E-state index contributed by atoms with van der Waals surface area (Å²) in [5.41, 5.74) is 6.45. The van der Waals surface area contributed by atoms with E-state index < -0.39 is 0 Å². The Morgan fingerprint density at radius 3 is 2.90 bits per heavy atom. The first-order chi connectivity index (χ1) is 14.9. The van der Waals surface area contributed by atoms with Crippen LogP contribution in [0.3, 0.4) is 0 Å². The van der Waals surface area contributed by atoms with E-state index in [4.69, 9.17) is 9.47 Å². The lowest BCUT2D eigenvalue weighted by Gasteiger charge is -2.14. The molecule has 1 saturated heterocycles. The predicted octanol–water partition coefficient (Wildman–Crippen LogP) is 5.04. The van der Waals surface area contributed by atoms with E-state index in [0.717, 1.165) is 54.1 Å². The highest BCUT2D eigenvalue weighted by Gasteiger charge is 2.20. The summed E-state index contributed by atoms with van der Waals surface area (Å²) in [6.07, 6.45) is 2.54. The lowest BCUT2D eigenvalue weighted by Crippen LogP contribution is -2.20. The summed E-state index contributed by atoms with van der Waals surface area (Å²) in [5, 5.41) is 5.42. The standard InChI is InChI=1S/C24H29N3O3S/c1-15-7-8-16(2)22(10-15)30-13-23(28)26-24-25-21(14-31-24)20-11-17(3)27(18(20)4)12-19-6-5-9-29-19/h7-8,10-11,14,19H,5-6,9,12-13H2,1-4H3,(H,25,26,28)/t19-/m1/s1. The van der Waals surface area contributed by atoms with Gasteiger partial charge in [0.25, 0.3) is 5.91 Å². The number of nitrogens with one attached hydrogen (secondary N) is 1. The van der Waals surface area contributed by atoms with E-state index in [1.54, 1.807) is 0 Å². The second-order valence-electron chi connectivity index (χ2n) is 8.17. The average molecular weight is 440 g/mol. The molecule has 2 aromatic heterocycles. The molecule has 1 fully saturated rings. The minimum absolute atomic E-state index is 0.0465. The van der Waals surface area contributed by atoms with Crippen LogP contribution in [0.25, 0.3) is 11.3 Å². The Hall–Kier alpha value is -2.64. The number of carbonyl (C=O) groups excluding carboxylic acids is 1. The van der Waals surface area contributed by atoms with Gasteiger partial charge in [-0.1, -0.05) is 12.1 Å². The lowest BCUT2D eigenvalue weighted by molar-refractivity contribution is -0.118. The average Bonchev–Trinajstić information content (AvgIpc) is 3.47. The topological polar surface area (TPSA) is 65.4 Å². The maximum absolute atomic E-state index is 12.4. The van der Waals surface area contributed by atoms with Gasteiger partial charge in [-0.05, 0) is 63.8 Å². The van der Waals surface area contributed by atoms with Crippen molar-refractivity contribution in [3.8, 4) is 17.0 Å². The van der Waals surface area contributed by atoms with Gasteiger partial charge in [-0.2, -0.15) is 0 Å². The fourth-order valence-electron chi connectivity index (χ4n) is 3.95. The molecule has 0 spiro atoms. The van der Waals surface area contributed by atoms with Gasteiger partial charge in [-0.3, -0.25) is 10.1 Å². The van der Waals surface area contributed by atoms with E-state index in [1.165, 1.54) is 22.7 Å². The molecule has 7 heteroatoms. The van der Waals surface area contributed by atoms with Crippen LogP contribution in [0, 0.1) is 27.7 Å². The summed E-state index contributed by atoms with van der Waals surface area (Å²) < 4.78 is 13.8. The molecule has 3 heterocycles. The molecule has 0 aliphatic carbocycles. The largest absolute Gasteiger partial charge is 0.483 e. The summed E-state index contributed by atoms with van der Waals surface area (Å²) in [6.45, 7) is 9.89.